The van der Waals surface area contributed by atoms with Crippen LogP contribution >= 0.6 is 29.3 Å². The van der Waals surface area contributed by atoms with Crippen LogP contribution in [0.25, 0.3) is 11.1 Å². The first-order valence-electron chi connectivity index (χ1n) is 18.1. The second-order valence-electron chi connectivity index (χ2n) is 12.3. The molecule has 0 aromatic heterocycles. The van der Waals surface area contributed by atoms with Crippen molar-refractivity contribution in [2.24, 2.45) is 0 Å². The van der Waals surface area contributed by atoms with Gasteiger partial charge in [-0.1, -0.05) is 127 Å². The van der Waals surface area contributed by atoms with Gasteiger partial charge < -0.3 is 9.47 Å². The summed E-state index contributed by atoms with van der Waals surface area (Å²) >= 11 is 5.35. The van der Waals surface area contributed by atoms with Gasteiger partial charge in [0.1, 0.15) is 31.8 Å². The largest absolute Gasteiger partial charge is 0.102 e. The third-order valence-corrected chi connectivity index (χ3v) is 14.2. The molecule has 0 atom stereocenters. The summed E-state index contributed by atoms with van der Waals surface area (Å²) < 4.78 is 10.5. The molecule has 0 spiro atoms. The van der Waals surface area contributed by atoms with E-state index in [4.69, 9.17) is 9.47 Å². The second kappa shape index (κ2) is 24.1. The number of rotatable bonds is 9. The number of hydrogen-bond acceptors (Lipinski definition) is 2. The molecule has 282 valence electrons. The summed E-state index contributed by atoms with van der Waals surface area (Å²) in [4.78, 5) is 0. The SMILES string of the molecule is COc1ccc(-c2[c-]cccc2)cc1OC.[Br][Pd+].c1ccc([PH+](c2ccccc2)c2ccccc2)cc1.c1ccc([PH+](c2ccccc2)c2ccccc2)cc1. The van der Waals surface area contributed by atoms with E-state index in [1.54, 1.807) is 14.2 Å². The van der Waals surface area contributed by atoms with Gasteiger partial charge >= 0.3 is 30.6 Å². The van der Waals surface area contributed by atoms with Gasteiger partial charge in [0.05, 0.1) is 30.1 Å². The van der Waals surface area contributed by atoms with E-state index < -0.39 is 15.8 Å². The molecule has 8 aromatic carbocycles. The molecule has 0 aliphatic rings. The molecular weight excluding hydrogens is 881 g/mol. The van der Waals surface area contributed by atoms with Crippen molar-refractivity contribution in [2.45, 2.75) is 0 Å². The fourth-order valence-corrected chi connectivity index (χ4v) is 11.4. The molecule has 0 N–H and O–H groups in total. The average Bonchev–Trinajstić information content (AvgIpc) is 3.30. The van der Waals surface area contributed by atoms with E-state index in [0.29, 0.717) is 0 Å². The Hall–Kier alpha value is -4.64. The minimum Gasteiger partial charge on any atom is -0.0620 e. The fraction of sp³-hybridized carbons (Fsp3) is 0.0400. The first-order chi connectivity index (χ1) is 27.7. The predicted octanol–water partition coefficient (Wildman–Crippen LogP) is 10.4. The van der Waals surface area contributed by atoms with Crippen molar-refractivity contribution in [3.8, 4) is 22.6 Å². The summed E-state index contributed by atoms with van der Waals surface area (Å²) in [6, 6.07) is 81.9. The van der Waals surface area contributed by atoms with Gasteiger partial charge in [-0.3, -0.25) is 0 Å². The van der Waals surface area contributed by atoms with E-state index in [9.17, 15) is 0 Å². The molecule has 0 radical (unpaired) electrons. The first-order valence-corrected chi connectivity index (χ1v) is 24.7. The smallest absolute Gasteiger partial charge is 0.0620 e. The van der Waals surface area contributed by atoms with Crippen LogP contribution in [0.4, 0.5) is 0 Å². The van der Waals surface area contributed by atoms with Crippen molar-refractivity contribution in [1.82, 2.24) is 0 Å². The topological polar surface area (TPSA) is 18.5 Å². The molecule has 0 unspecified atom stereocenters. The number of hydrogen-bond donors (Lipinski definition) is 0. The molecule has 0 saturated carbocycles. The Labute approximate surface area is 352 Å². The molecule has 2 nitrogen and oxygen atoms in total. The van der Waals surface area contributed by atoms with Gasteiger partial charge in [0, 0.05) is 0 Å². The van der Waals surface area contributed by atoms with Crippen LogP contribution in [-0.4, -0.2) is 14.2 Å². The molecule has 0 aliphatic heterocycles. The van der Waals surface area contributed by atoms with Gasteiger partial charge in [0.25, 0.3) is 0 Å². The molecule has 0 fully saturated rings. The first kappa shape index (κ1) is 42.5. The normalized spacial score (nSPS) is 10.1. The summed E-state index contributed by atoms with van der Waals surface area (Å²) in [5, 5.41) is 8.61. The van der Waals surface area contributed by atoms with Crippen molar-refractivity contribution < 1.29 is 26.7 Å². The third-order valence-electron chi connectivity index (χ3n) is 8.78. The Balaban J connectivity index is 0.000000158. The molecule has 0 bridgehead atoms. The molecule has 8 rings (SSSR count). The molecule has 8 aromatic rings. The maximum absolute atomic E-state index is 5.26. The van der Waals surface area contributed by atoms with Crippen LogP contribution in [0, 0.1) is 6.07 Å². The van der Waals surface area contributed by atoms with E-state index in [2.05, 4.69) is 219 Å². The van der Waals surface area contributed by atoms with Gasteiger partial charge in [0.15, 0.2) is 11.5 Å². The quantitative estimate of drug-likeness (QED) is 0.0816. The van der Waals surface area contributed by atoms with Crippen molar-refractivity contribution >= 4 is 61.1 Å². The van der Waals surface area contributed by atoms with E-state index in [0.717, 1.165) is 22.6 Å². The van der Waals surface area contributed by atoms with E-state index in [1.165, 1.54) is 31.8 Å². The minimum absolute atomic E-state index is 0.734. The molecule has 0 heterocycles. The summed E-state index contributed by atoms with van der Waals surface area (Å²) in [5.41, 5.74) is 2.11. The second-order valence-corrected chi connectivity index (χ2v) is 17.3. The van der Waals surface area contributed by atoms with E-state index in [1.807, 2.05) is 42.5 Å². The maximum Gasteiger partial charge on any atom is 0.102 e. The summed E-state index contributed by atoms with van der Waals surface area (Å²) in [6.45, 7) is 0. The van der Waals surface area contributed by atoms with Crippen LogP contribution in [0.15, 0.2) is 224 Å². The molecule has 6 heteroatoms. The van der Waals surface area contributed by atoms with E-state index >= 15 is 0 Å². The molecular formula is C50H45BrO2P2Pd+2. The van der Waals surface area contributed by atoms with Crippen molar-refractivity contribution in [1.29, 1.82) is 0 Å². The van der Waals surface area contributed by atoms with Crippen LogP contribution in [0.3, 0.4) is 0 Å². The van der Waals surface area contributed by atoms with Crippen LogP contribution < -0.4 is 41.3 Å². The van der Waals surface area contributed by atoms with E-state index in [-0.39, 0.29) is 0 Å². The zero-order valence-corrected chi connectivity index (χ0v) is 36.5. The van der Waals surface area contributed by atoms with Crippen LogP contribution in [0.1, 0.15) is 0 Å². The van der Waals surface area contributed by atoms with Crippen molar-refractivity contribution in [3.05, 3.63) is 231 Å². The van der Waals surface area contributed by atoms with Crippen molar-refractivity contribution in [3.63, 3.8) is 0 Å². The van der Waals surface area contributed by atoms with Gasteiger partial charge in [-0.25, -0.2) is 0 Å². The summed E-state index contributed by atoms with van der Waals surface area (Å²) in [7, 11) is 1.51. The Bertz CT molecular complexity index is 1930. The van der Waals surface area contributed by atoms with Crippen LogP contribution in [-0.2, 0) is 17.2 Å². The summed E-state index contributed by atoms with van der Waals surface area (Å²) in [5.74, 6) is 1.47. The average molecular weight is 926 g/mol. The van der Waals surface area contributed by atoms with Gasteiger partial charge in [-0.2, -0.15) is 0 Å². The van der Waals surface area contributed by atoms with Crippen molar-refractivity contribution in [2.75, 3.05) is 14.2 Å². The number of halogens is 1. The summed E-state index contributed by atoms with van der Waals surface area (Å²) in [6.07, 6.45) is 0. The molecule has 0 amide bonds. The van der Waals surface area contributed by atoms with Gasteiger partial charge in [0.2, 0.25) is 0 Å². The monoisotopic (exact) mass is 924 g/mol. The number of ether oxygens (including phenoxy) is 2. The standard InChI is InChI=1S/2C18H15P.C14H13O2.BrH.Pd/c2*1-4-10-16(11-5-1)19(17-12-6-2-7-13-17)18-14-8-3-9-15-18;1-15-13-9-8-12(10-14(13)16-2)11-6-4-3-5-7-11;;/h2*1-15H;3-6,8-10H,1-2H3;1H;/q;;-1;;+2/p+1. The minimum atomic E-state index is -0.877. The third kappa shape index (κ3) is 12.4. The van der Waals surface area contributed by atoms with Gasteiger partial charge in [-0.15, -0.1) is 35.9 Å². The zero-order chi connectivity index (χ0) is 39.2. The zero-order valence-electron chi connectivity index (χ0n) is 31.4. The van der Waals surface area contributed by atoms with Crippen LogP contribution in [0.5, 0.6) is 11.5 Å². The van der Waals surface area contributed by atoms with Crippen LogP contribution in [0.2, 0.25) is 0 Å². The number of benzene rings is 8. The maximum atomic E-state index is 5.26. The molecule has 56 heavy (non-hydrogen) atoms. The molecule has 0 saturated heterocycles. The Morgan fingerprint density at radius 3 is 0.946 bits per heavy atom. The Kier molecular flexibility index (Phi) is 18.3. The fourth-order valence-electron chi connectivity index (χ4n) is 6.21. The van der Waals surface area contributed by atoms with Gasteiger partial charge in [-0.05, 0) is 78.9 Å². The number of methoxy groups -OCH3 is 2. The Morgan fingerprint density at radius 2 is 0.679 bits per heavy atom. The molecule has 0 aliphatic carbocycles. The Morgan fingerprint density at radius 1 is 0.375 bits per heavy atom. The predicted molar refractivity (Wildman–Crippen MR) is 246 cm³/mol.